The van der Waals surface area contributed by atoms with Crippen LogP contribution in [0, 0.1) is 23.5 Å². The van der Waals surface area contributed by atoms with E-state index in [1.165, 1.54) is 107 Å². The summed E-state index contributed by atoms with van der Waals surface area (Å²) in [7, 11) is 0. The van der Waals surface area contributed by atoms with Crippen LogP contribution in [0.15, 0.2) is 90.0 Å². The van der Waals surface area contributed by atoms with Crippen LogP contribution in [0.3, 0.4) is 0 Å². The third-order valence-electron chi connectivity index (χ3n) is 10.5. The number of halogens is 2. The normalized spacial score (nSPS) is 18.2. The van der Waals surface area contributed by atoms with Crippen molar-refractivity contribution in [3.05, 3.63) is 141 Å². The first-order chi connectivity index (χ1) is 22.5. The molecule has 4 aromatic carbocycles. The molecule has 3 heteroatoms. The number of hydrogen-bond acceptors (Lipinski definition) is 0. The molecule has 4 aliphatic carbocycles. The Morgan fingerprint density at radius 3 is 1.94 bits per heavy atom. The molecule has 0 N–H and O–H groups in total. The van der Waals surface area contributed by atoms with E-state index in [4.69, 9.17) is 0 Å². The van der Waals surface area contributed by atoms with Crippen molar-refractivity contribution in [1.29, 1.82) is 0 Å². The second kappa shape index (κ2) is 14.8. The summed E-state index contributed by atoms with van der Waals surface area (Å²) >= 11 is 1.46. The summed E-state index contributed by atoms with van der Waals surface area (Å²) in [6.07, 6.45) is 12.8. The van der Waals surface area contributed by atoms with E-state index in [0.29, 0.717) is 11.3 Å². The summed E-state index contributed by atoms with van der Waals surface area (Å²) < 4.78 is 2.23. The monoisotopic (exact) mass is 774 g/mol. The quantitative estimate of drug-likeness (QED) is 0.174. The average Bonchev–Trinajstić information content (AvgIpc) is 3.69. The van der Waals surface area contributed by atoms with Gasteiger partial charge in [0.2, 0.25) is 0 Å². The van der Waals surface area contributed by atoms with Gasteiger partial charge in [-0.1, -0.05) is 104 Å². The predicted molar refractivity (Wildman–Crippen MR) is 205 cm³/mol. The average molecular weight is 777 g/mol. The van der Waals surface area contributed by atoms with E-state index in [-0.39, 0.29) is 35.6 Å². The fraction of sp³-hybridized carbons (Fsp3) is 0.340. The Kier molecular flexibility index (Phi) is 11.9. The van der Waals surface area contributed by atoms with Crippen LogP contribution in [0.1, 0.15) is 115 Å². The zero-order chi connectivity index (χ0) is 34.8. The predicted octanol–water partition coefficient (Wildman–Crippen LogP) is 6.35. The molecule has 8 rings (SSSR count). The van der Waals surface area contributed by atoms with E-state index in [2.05, 4.69) is 171 Å². The number of hydrogen-bond donors (Lipinski definition) is 0. The van der Waals surface area contributed by atoms with Gasteiger partial charge in [-0.05, 0) is 58.4 Å². The van der Waals surface area contributed by atoms with Gasteiger partial charge in [0, 0.05) is 5.41 Å². The van der Waals surface area contributed by atoms with Gasteiger partial charge >= 0.3 is 86.7 Å². The first kappa shape index (κ1) is 40.2. The van der Waals surface area contributed by atoms with Crippen molar-refractivity contribution in [3.63, 3.8) is 0 Å². The van der Waals surface area contributed by atoms with Crippen molar-refractivity contribution in [1.82, 2.24) is 0 Å². The summed E-state index contributed by atoms with van der Waals surface area (Å²) in [5, 5.41) is 2.69. The minimum absolute atomic E-state index is 0. The molecule has 0 radical (unpaired) electrons. The van der Waals surface area contributed by atoms with E-state index in [1.54, 1.807) is 0 Å². The zero-order valence-electron chi connectivity index (χ0n) is 31.6. The van der Waals surface area contributed by atoms with E-state index < -0.39 is 0 Å². The van der Waals surface area contributed by atoms with Crippen LogP contribution in [-0.2, 0) is 41.5 Å². The van der Waals surface area contributed by atoms with Gasteiger partial charge in [0.15, 0.2) is 0 Å². The van der Waals surface area contributed by atoms with Gasteiger partial charge in [0.1, 0.15) is 0 Å². The van der Waals surface area contributed by atoms with Gasteiger partial charge in [0.05, 0.1) is 0 Å². The Bertz CT molecular complexity index is 2000. The molecule has 0 aromatic heterocycles. The molecule has 4 aromatic rings. The van der Waals surface area contributed by atoms with Gasteiger partial charge in [-0.25, -0.2) is 11.1 Å². The molecule has 0 fully saturated rings. The van der Waals surface area contributed by atoms with Crippen molar-refractivity contribution in [2.45, 2.75) is 93.4 Å². The maximum absolute atomic E-state index is 3.65. The molecule has 1 atom stereocenters. The Labute approximate surface area is 329 Å². The molecule has 258 valence electrons. The fourth-order valence-corrected chi connectivity index (χ4v) is 8.92. The van der Waals surface area contributed by atoms with Gasteiger partial charge in [0.25, 0.3) is 0 Å². The molecule has 0 amide bonds. The third-order valence-corrected chi connectivity index (χ3v) is 11.2. The van der Waals surface area contributed by atoms with Crippen molar-refractivity contribution >= 4 is 25.6 Å². The van der Waals surface area contributed by atoms with Crippen LogP contribution in [-0.4, -0.2) is 3.71 Å². The van der Waals surface area contributed by atoms with Gasteiger partial charge in [-0.2, -0.15) is 17.2 Å². The van der Waals surface area contributed by atoms with Gasteiger partial charge in [-0.15, -0.1) is 11.6 Å². The van der Waals surface area contributed by atoms with E-state index in [1.807, 2.05) is 0 Å². The molecule has 0 heterocycles. The van der Waals surface area contributed by atoms with Crippen molar-refractivity contribution in [3.8, 4) is 11.1 Å². The molecule has 0 saturated heterocycles. The number of fused-ring (bicyclic) bond motifs is 6. The third kappa shape index (κ3) is 7.63. The number of benzene rings is 4. The van der Waals surface area contributed by atoms with Crippen molar-refractivity contribution < 1.29 is 49.0 Å². The number of allylic oxidation sites excluding steroid dienone is 8. The molecular weight excluding hydrogens is 727 g/mol. The molecule has 0 aliphatic heterocycles. The Balaban J connectivity index is 0.000000189. The topological polar surface area (TPSA) is 0 Å². The summed E-state index contributed by atoms with van der Waals surface area (Å²) in [5.74, 6) is 0.518. The molecule has 0 spiro atoms. The molecule has 50 heavy (non-hydrogen) atoms. The minimum atomic E-state index is 0. The molecule has 0 saturated carbocycles. The first-order valence-electron chi connectivity index (χ1n) is 17.5. The van der Waals surface area contributed by atoms with Crippen molar-refractivity contribution in [2.75, 3.05) is 0 Å². The molecule has 0 nitrogen and oxygen atoms in total. The van der Waals surface area contributed by atoms with E-state index >= 15 is 0 Å². The Morgan fingerprint density at radius 2 is 1.36 bits per heavy atom. The summed E-state index contributed by atoms with van der Waals surface area (Å²) in [5.41, 5.74) is 19.0. The Hall–Kier alpha value is -2.57. The van der Waals surface area contributed by atoms with Gasteiger partial charge in [-0.3, -0.25) is 12.2 Å². The van der Waals surface area contributed by atoms with Crippen LogP contribution < -0.4 is 24.8 Å². The second-order valence-corrected chi connectivity index (χ2v) is 17.0. The fourth-order valence-electron chi connectivity index (χ4n) is 8.30. The number of rotatable bonds is 1. The van der Waals surface area contributed by atoms with E-state index in [9.17, 15) is 0 Å². The molecular formula is C47H50Cl2Zr-2. The van der Waals surface area contributed by atoms with Crippen LogP contribution in [0.25, 0.3) is 33.0 Å². The van der Waals surface area contributed by atoms with Gasteiger partial charge < -0.3 is 24.8 Å². The van der Waals surface area contributed by atoms with Crippen LogP contribution in [0.4, 0.5) is 0 Å². The molecule has 0 bridgehead atoms. The van der Waals surface area contributed by atoms with Crippen LogP contribution in [0.5, 0.6) is 0 Å². The Morgan fingerprint density at radius 1 is 0.760 bits per heavy atom. The summed E-state index contributed by atoms with van der Waals surface area (Å²) in [6.45, 7) is 24.8. The first-order valence-corrected chi connectivity index (χ1v) is 18.9. The van der Waals surface area contributed by atoms with Crippen LogP contribution in [0.2, 0.25) is 0 Å². The molecule has 1 unspecified atom stereocenters. The van der Waals surface area contributed by atoms with Crippen LogP contribution >= 0.6 is 0 Å². The SMILES string of the molecule is CC1=[C-]C(C)(C)c2cc3c(cc21)-c1cc2c(cc1C3)C(C)(C)C=C2C.CC1=[C-]C(C)C=C1C(C)(C)C.[Cl-].[Cl-].[Zr+2]=[CH]c1cccc2ccccc12. The summed E-state index contributed by atoms with van der Waals surface area (Å²) in [4.78, 5) is 0. The van der Waals surface area contributed by atoms with E-state index in [0.717, 1.165) is 6.42 Å². The van der Waals surface area contributed by atoms with Crippen molar-refractivity contribution in [2.24, 2.45) is 11.3 Å². The second-order valence-electron chi connectivity index (χ2n) is 16.3. The maximum atomic E-state index is 3.65. The zero-order valence-corrected chi connectivity index (χ0v) is 35.6. The molecule has 4 aliphatic rings. The summed E-state index contributed by atoms with van der Waals surface area (Å²) in [6, 6.07) is 24.7. The standard InChI is InChI=1S/C25H25.C11H8.C11H17.2ClH.Zr/c1-14-12-24(3,4)22-8-16-7-17-9-23-19(15(2)13-25(23,5)6)11-21(17)20(16)10-18(14)22;1-9-5-4-7-10-6-2-3-8-11(9)10;1-8-6-9(2)10(7-8)11(3,4)5;;;/h8-12H,7H2,1-6H3;1-8H;7-8H,1-5H3;2*1H;/q-1;;-1;;;+2/p-2.